The van der Waals surface area contributed by atoms with Crippen LogP contribution in [0.25, 0.3) is 0 Å². The molecule has 1 spiro atoms. The van der Waals surface area contributed by atoms with Crippen LogP contribution in [0.4, 0.5) is 14.9 Å². The van der Waals surface area contributed by atoms with Crippen molar-refractivity contribution in [1.29, 1.82) is 0 Å². The van der Waals surface area contributed by atoms with Crippen molar-refractivity contribution in [2.24, 2.45) is 0 Å². The summed E-state index contributed by atoms with van der Waals surface area (Å²) in [4.78, 5) is 27.0. The molecule has 0 unspecified atom stereocenters. The van der Waals surface area contributed by atoms with E-state index in [1.807, 2.05) is 12.1 Å². The molecule has 0 saturated carbocycles. The largest absolute Gasteiger partial charge is 0.497 e. The monoisotopic (exact) mass is 356 g/mol. The van der Waals surface area contributed by atoms with Crippen LogP contribution in [0.15, 0.2) is 42.5 Å². The molecular formula is C19H17FN2O4. The van der Waals surface area contributed by atoms with Crippen molar-refractivity contribution in [1.82, 2.24) is 4.90 Å². The fourth-order valence-electron chi connectivity index (χ4n) is 3.73. The van der Waals surface area contributed by atoms with Crippen LogP contribution in [0.1, 0.15) is 11.1 Å². The minimum absolute atomic E-state index is 0.0961. The van der Waals surface area contributed by atoms with Crippen molar-refractivity contribution in [3.05, 3.63) is 59.4 Å². The van der Waals surface area contributed by atoms with E-state index in [1.165, 1.54) is 17.0 Å². The molecule has 1 saturated heterocycles. The summed E-state index contributed by atoms with van der Waals surface area (Å²) in [7, 11) is 1.58. The van der Waals surface area contributed by atoms with Gasteiger partial charge in [-0.25, -0.2) is 9.18 Å². The van der Waals surface area contributed by atoms with Crippen molar-refractivity contribution in [3.8, 4) is 5.75 Å². The van der Waals surface area contributed by atoms with E-state index in [2.05, 4.69) is 0 Å². The summed E-state index contributed by atoms with van der Waals surface area (Å²) in [5.41, 5.74) is 1.17. The van der Waals surface area contributed by atoms with E-state index in [9.17, 15) is 14.0 Å². The fourth-order valence-corrected chi connectivity index (χ4v) is 3.73. The van der Waals surface area contributed by atoms with Gasteiger partial charge in [0.1, 0.15) is 17.0 Å². The second kappa shape index (κ2) is 5.72. The molecule has 1 fully saturated rings. The van der Waals surface area contributed by atoms with Gasteiger partial charge in [-0.3, -0.25) is 4.79 Å². The van der Waals surface area contributed by atoms with Gasteiger partial charge in [-0.15, -0.1) is 0 Å². The van der Waals surface area contributed by atoms with Gasteiger partial charge in [0, 0.05) is 13.1 Å². The smallest absolute Gasteiger partial charge is 0.407 e. The van der Waals surface area contributed by atoms with E-state index >= 15 is 0 Å². The van der Waals surface area contributed by atoms with Gasteiger partial charge >= 0.3 is 6.09 Å². The number of carbonyl (C=O) groups excluding carboxylic acids is 1. The molecule has 2 amide bonds. The molecule has 2 aromatic rings. The molecule has 2 heterocycles. The number of methoxy groups -OCH3 is 1. The van der Waals surface area contributed by atoms with Gasteiger partial charge in [0.2, 0.25) is 5.91 Å². The van der Waals surface area contributed by atoms with Gasteiger partial charge in [0.25, 0.3) is 0 Å². The highest BCUT2D eigenvalue weighted by atomic mass is 19.1. The van der Waals surface area contributed by atoms with Crippen LogP contribution in [0.2, 0.25) is 0 Å². The zero-order chi connectivity index (χ0) is 18.5. The molecule has 1 N–H and O–H groups in total. The number of fused-ring (bicyclic) bond motifs is 2. The van der Waals surface area contributed by atoms with Gasteiger partial charge in [0.05, 0.1) is 19.3 Å². The van der Waals surface area contributed by atoms with Gasteiger partial charge in [-0.05, 0) is 35.4 Å². The summed E-state index contributed by atoms with van der Waals surface area (Å²) in [6.45, 7) is 0.478. The highest BCUT2D eigenvalue weighted by Crippen LogP contribution is 2.48. The third-order valence-corrected chi connectivity index (χ3v) is 5.11. The van der Waals surface area contributed by atoms with Gasteiger partial charge in [-0.2, -0.15) is 0 Å². The number of amides is 2. The Morgan fingerprint density at radius 3 is 2.54 bits per heavy atom. The molecule has 4 rings (SSSR count). The first-order chi connectivity index (χ1) is 12.4. The second-order valence-corrected chi connectivity index (χ2v) is 6.62. The van der Waals surface area contributed by atoms with Crippen molar-refractivity contribution in [3.63, 3.8) is 0 Å². The molecule has 2 aliphatic rings. The van der Waals surface area contributed by atoms with Crippen molar-refractivity contribution >= 4 is 17.7 Å². The summed E-state index contributed by atoms with van der Waals surface area (Å²) >= 11 is 0. The Hall–Kier alpha value is -3.09. The highest BCUT2D eigenvalue weighted by Gasteiger charge is 2.59. The lowest BCUT2D eigenvalue weighted by Crippen LogP contribution is -2.65. The van der Waals surface area contributed by atoms with E-state index in [1.54, 1.807) is 30.2 Å². The minimum atomic E-state index is -1.05. The number of hydrogen-bond donors (Lipinski definition) is 1. The average molecular weight is 356 g/mol. The maximum atomic E-state index is 13.8. The number of halogens is 1. The number of carboxylic acid groups (broad SMARTS) is 1. The molecule has 0 aliphatic carbocycles. The Morgan fingerprint density at radius 1 is 1.23 bits per heavy atom. The molecule has 2 aromatic carbocycles. The molecular weight excluding hydrogens is 339 g/mol. The van der Waals surface area contributed by atoms with E-state index < -0.39 is 17.3 Å². The molecule has 2 aliphatic heterocycles. The summed E-state index contributed by atoms with van der Waals surface area (Å²) in [6, 6.07) is 11.5. The predicted octanol–water partition coefficient (Wildman–Crippen LogP) is 2.61. The fraction of sp³-hybridized carbons (Fsp3) is 0.263. The number of rotatable bonds is 3. The van der Waals surface area contributed by atoms with Crippen molar-refractivity contribution in [2.45, 2.75) is 12.0 Å². The number of carbonyl (C=O) groups is 2. The van der Waals surface area contributed by atoms with Crippen LogP contribution >= 0.6 is 0 Å². The number of hydrogen-bond acceptors (Lipinski definition) is 3. The Labute approximate surface area is 149 Å². The van der Waals surface area contributed by atoms with Gasteiger partial charge < -0.3 is 19.6 Å². The van der Waals surface area contributed by atoms with E-state index in [4.69, 9.17) is 9.84 Å². The van der Waals surface area contributed by atoms with E-state index in [-0.39, 0.29) is 25.5 Å². The van der Waals surface area contributed by atoms with Crippen LogP contribution in [0.3, 0.4) is 0 Å². The van der Waals surface area contributed by atoms with Gasteiger partial charge in [0.15, 0.2) is 0 Å². The maximum Gasteiger partial charge on any atom is 0.407 e. The molecule has 0 atom stereocenters. The third-order valence-electron chi connectivity index (χ3n) is 5.11. The molecule has 6 nitrogen and oxygen atoms in total. The molecule has 0 bridgehead atoms. The van der Waals surface area contributed by atoms with Crippen LogP contribution in [-0.4, -0.2) is 42.2 Å². The number of ether oxygens (including phenoxy) is 1. The first-order valence-corrected chi connectivity index (χ1v) is 8.17. The number of benzene rings is 2. The van der Waals surface area contributed by atoms with Crippen LogP contribution < -0.4 is 9.64 Å². The quantitative estimate of drug-likeness (QED) is 0.918. The summed E-state index contributed by atoms with van der Waals surface area (Å²) < 4.78 is 19.0. The normalized spacial score (nSPS) is 17.2. The number of anilines is 1. The maximum absolute atomic E-state index is 13.8. The van der Waals surface area contributed by atoms with Crippen LogP contribution in [0.5, 0.6) is 5.75 Å². The number of nitrogens with zero attached hydrogens (tertiary/aromatic N) is 2. The topological polar surface area (TPSA) is 70.1 Å². The van der Waals surface area contributed by atoms with Crippen molar-refractivity contribution in [2.75, 3.05) is 25.1 Å². The molecule has 7 heteroatoms. The Bertz CT molecular complexity index is 891. The lowest BCUT2D eigenvalue weighted by atomic mass is 9.75. The van der Waals surface area contributed by atoms with E-state index in [0.717, 1.165) is 5.56 Å². The lowest BCUT2D eigenvalue weighted by molar-refractivity contribution is -0.128. The minimum Gasteiger partial charge on any atom is -0.497 e. The Kier molecular flexibility index (Phi) is 3.61. The zero-order valence-electron chi connectivity index (χ0n) is 14.1. The first-order valence-electron chi connectivity index (χ1n) is 8.17. The van der Waals surface area contributed by atoms with E-state index in [0.29, 0.717) is 17.0 Å². The number of likely N-dealkylation sites (tertiary alicyclic amines) is 1. The standard InChI is InChI=1S/C19H17FN2O4/c1-26-14-5-2-12(3-6-14)9-22-16-8-13(20)4-7-15(16)19(17(22)23)10-21(11-19)18(24)25/h2-8H,9-11H2,1H3,(H,24,25). The third kappa shape index (κ3) is 2.31. The summed E-state index contributed by atoms with van der Waals surface area (Å²) in [5, 5.41) is 9.13. The van der Waals surface area contributed by atoms with Crippen LogP contribution in [-0.2, 0) is 16.8 Å². The van der Waals surface area contributed by atoms with Crippen molar-refractivity contribution < 1.29 is 23.8 Å². The second-order valence-electron chi connectivity index (χ2n) is 6.62. The zero-order valence-corrected chi connectivity index (χ0v) is 14.1. The summed E-state index contributed by atoms with van der Waals surface area (Å²) in [6.07, 6.45) is -1.05. The molecule has 134 valence electrons. The Morgan fingerprint density at radius 2 is 1.92 bits per heavy atom. The molecule has 26 heavy (non-hydrogen) atoms. The molecule has 0 aromatic heterocycles. The SMILES string of the molecule is COc1ccc(CN2C(=O)C3(CN(C(=O)O)C3)c3ccc(F)cc32)cc1. The predicted molar refractivity (Wildman–Crippen MR) is 91.9 cm³/mol. The first kappa shape index (κ1) is 16.4. The van der Waals surface area contributed by atoms with Crippen LogP contribution in [0, 0.1) is 5.82 Å². The average Bonchev–Trinajstić information content (AvgIpc) is 2.82. The molecule has 0 radical (unpaired) electrons. The highest BCUT2D eigenvalue weighted by molar-refractivity contribution is 6.09. The lowest BCUT2D eigenvalue weighted by Gasteiger charge is -2.45. The Balaban J connectivity index is 1.68. The summed E-state index contributed by atoms with van der Waals surface area (Å²) in [5.74, 6) is 0.0923. The van der Waals surface area contributed by atoms with Gasteiger partial charge in [-0.1, -0.05) is 18.2 Å².